The van der Waals surface area contributed by atoms with E-state index in [0.29, 0.717) is 18.6 Å². The number of phenols is 1. The zero-order valence-corrected chi connectivity index (χ0v) is 15.8. The number of methoxy groups -OCH3 is 1. The average molecular weight is 421 g/mol. The van der Waals surface area contributed by atoms with Crippen molar-refractivity contribution in [3.05, 3.63) is 58.7 Å². The Kier molecular flexibility index (Phi) is 7.05. The highest BCUT2D eigenvalue weighted by Gasteiger charge is 2.36. The SMILES string of the molecule is COc1cc(CCC(C)NCc2cc(C(F)(F)F)cc(C(F)(F)F)c2)ccc1O. The molecule has 0 saturated heterocycles. The van der Waals surface area contributed by atoms with Gasteiger partial charge in [-0.25, -0.2) is 0 Å². The summed E-state index contributed by atoms with van der Waals surface area (Å²) >= 11 is 0. The van der Waals surface area contributed by atoms with Gasteiger partial charge in [0.1, 0.15) is 0 Å². The van der Waals surface area contributed by atoms with E-state index in [1.54, 1.807) is 19.1 Å². The third kappa shape index (κ3) is 6.56. The Morgan fingerprint density at radius 2 is 1.52 bits per heavy atom. The van der Waals surface area contributed by atoms with Crippen molar-refractivity contribution >= 4 is 0 Å². The molecule has 160 valence electrons. The molecule has 2 N–H and O–H groups in total. The summed E-state index contributed by atoms with van der Waals surface area (Å²) in [4.78, 5) is 0. The van der Waals surface area contributed by atoms with Crippen LogP contribution in [0.3, 0.4) is 0 Å². The lowest BCUT2D eigenvalue weighted by Gasteiger charge is -2.17. The maximum Gasteiger partial charge on any atom is 0.416 e. The average Bonchev–Trinajstić information content (AvgIpc) is 2.64. The van der Waals surface area contributed by atoms with Crippen LogP contribution in [0, 0.1) is 0 Å². The number of benzene rings is 2. The molecule has 0 aromatic heterocycles. The molecule has 0 amide bonds. The van der Waals surface area contributed by atoms with Crippen LogP contribution in [0.15, 0.2) is 36.4 Å². The maximum atomic E-state index is 12.9. The summed E-state index contributed by atoms with van der Waals surface area (Å²) in [5.41, 5.74) is -1.86. The summed E-state index contributed by atoms with van der Waals surface area (Å²) in [6.07, 6.45) is -8.56. The fraction of sp³-hybridized carbons (Fsp3) is 0.400. The lowest BCUT2D eigenvalue weighted by molar-refractivity contribution is -0.143. The Bertz CT molecular complexity index is 800. The van der Waals surface area contributed by atoms with Gasteiger partial charge in [0.15, 0.2) is 11.5 Å². The number of hydrogen-bond acceptors (Lipinski definition) is 3. The molecule has 29 heavy (non-hydrogen) atoms. The smallest absolute Gasteiger partial charge is 0.416 e. The highest BCUT2D eigenvalue weighted by Crippen LogP contribution is 2.36. The van der Waals surface area contributed by atoms with Crippen LogP contribution in [0.5, 0.6) is 11.5 Å². The van der Waals surface area contributed by atoms with Gasteiger partial charge >= 0.3 is 12.4 Å². The predicted molar refractivity (Wildman–Crippen MR) is 95.7 cm³/mol. The second kappa shape index (κ2) is 8.94. The van der Waals surface area contributed by atoms with Crippen LogP contribution in [-0.4, -0.2) is 18.3 Å². The van der Waals surface area contributed by atoms with Gasteiger partial charge < -0.3 is 15.2 Å². The molecular weight excluding hydrogens is 400 g/mol. The molecule has 0 heterocycles. The van der Waals surface area contributed by atoms with Gasteiger partial charge in [0.05, 0.1) is 18.2 Å². The van der Waals surface area contributed by atoms with Gasteiger partial charge in [0, 0.05) is 12.6 Å². The maximum absolute atomic E-state index is 12.9. The molecule has 0 aliphatic carbocycles. The van der Waals surface area contributed by atoms with Crippen molar-refractivity contribution in [1.82, 2.24) is 5.32 Å². The third-order valence-electron chi connectivity index (χ3n) is 4.41. The second-order valence-corrected chi connectivity index (χ2v) is 6.74. The van der Waals surface area contributed by atoms with Gasteiger partial charge in [0.2, 0.25) is 0 Å². The number of rotatable bonds is 7. The molecule has 1 unspecified atom stereocenters. The Morgan fingerprint density at radius 1 is 0.931 bits per heavy atom. The quantitative estimate of drug-likeness (QED) is 0.576. The number of alkyl halides is 6. The summed E-state index contributed by atoms with van der Waals surface area (Å²) in [5, 5.41) is 12.5. The molecule has 0 fully saturated rings. The van der Waals surface area contributed by atoms with Crippen LogP contribution in [0.25, 0.3) is 0 Å². The summed E-state index contributed by atoms with van der Waals surface area (Å²) in [5.74, 6) is 0.333. The van der Waals surface area contributed by atoms with E-state index >= 15 is 0 Å². The molecule has 0 aliphatic rings. The molecule has 0 radical (unpaired) electrons. The standard InChI is InChI=1S/C20H21F6NO2/c1-12(3-4-13-5-6-17(28)18(9-13)29-2)27-11-14-7-15(19(21,22)23)10-16(8-14)20(24,25)26/h5-10,12,27-28H,3-4,11H2,1-2H3. The molecule has 2 aromatic carbocycles. The van der Waals surface area contributed by atoms with Gasteiger partial charge in [-0.1, -0.05) is 6.07 Å². The van der Waals surface area contributed by atoms with Crippen molar-refractivity contribution in [3.63, 3.8) is 0 Å². The van der Waals surface area contributed by atoms with Crippen LogP contribution >= 0.6 is 0 Å². The molecule has 0 saturated carbocycles. The van der Waals surface area contributed by atoms with E-state index in [2.05, 4.69) is 5.32 Å². The fourth-order valence-corrected chi connectivity index (χ4v) is 2.78. The Labute approximate surface area is 164 Å². The summed E-state index contributed by atoms with van der Waals surface area (Å²) < 4.78 is 82.5. The van der Waals surface area contributed by atoms with E-state index in [-0.39, 0.29) is 30.0 Å². The number of halogens is 6. The van der Waals surface area contributed by atoms with Gasteiger partial charge in [-0.05, 0) is 61.2 Å². The lowest BCUT2D eigenvalue weighted by atomic mass is 10.0. The molecule has 3 nitrogen and oxygen atoms in total. The van der Waals surface area contributed by atoms with Crippen molar-refractivity contribution in [2.45, 2.75) is 44.7 Å². The zero-order chi connectivity index (χ0) is 21.8. The van der Waals surface area contributed by atoms with Crippen molar-refractivity contribution in [3.8, 4) is 11.5 Å². The normalized spacial score (nSPS) is 13.4. The van der Waals surface area contributed by atoms with E-state index < -0.39 is 23.5 Å². The van der Waals surface area contributed by atoms with Crippen molar-refractivity contribution in [2.75, 3.05) is 7.11 Å². The number of hydrogen-bond donors (Lipinski definition) is 2. The molecule has 0 aliphatic heterocycles. The summed E-state index contributed by atoms with van der Waals surface area (Å²) in [6, 6.07) is 6.27. The Morgan fingerprint density at radius 3 is 2.03 bits per heavy atom. The van der Waals surface area contributed by atoms with Crippen molar-refractivity contribution in [1.29, 1.82) is 0 Å². The molecular formula is C20H21F6NO2. The minimum atomic E-state index is -4.86. The molecule has 1 atom stereocenters. The van der Waals surface area contributed by atoms with Crippen LogP contribution in [0.2, 0.25) is 0 Å². The lowest BCUT2D eigenvalue weighted by Crippen LogP contribution is -2.26. The number of aryl methyl sites for hydroxylation is 1. The zero-order valence-electron chi connectivity index (χ0n) is 15.8. The molecule has 9 heteroatoms. The first-order valence-electron chi connectivity index (χ1n) is 8.77. The Balaban J connectivity index is 2.03. The van der Waals surface area contributed by atoms with Gasteiger partial charge in [-0.3, -0.25) is 0 Å². The van der Waals surface area contributed by atoms with Gasteiger partial charge in [0.25, 0.3) is 0 Å². The van der Waals surface area contributed by atoms with E-state index in [4.69, 9.17) is 4.74 Å². The minimum Gasteiger partial charge on any atom is -0.504 e. The molecule has 0 spiro atoms. The summed E-state index contributed by atoms with van der Waals surface area (Å²) in [7, 11) is 1.42. The van der Waals surface area contributed by atoms with E-state index in [0.717, 1.165) is 17.7 Å². The predicted octanol–water partition coefficient (Wildman–Crippen LogP) is 5.55. The number of nitrogens with one attached hydrogen (secondary N) is 1. The first kappa shape index (κ1) is 22.9. The first-order valence-corrected chi connectivity index (χ1v) is 8.77. The number of phenolic OH excluding ortho intramolecular Hbond substituents is 1. The second-order valence-electron chi connectivity index (χ2n) is 6.74. The van der Waals surface area contributed by atoms with Gasteiger partial charge in [-0.15, -0.1) is 0 Å². The van der Waals surface area contributed by atoms with Crippen LogP contribution in [-0.2, 0) is 25.3 Å². The van der Waals surface area contributed by atoms with Crippen molar-refractivity contribution < 1.29 is 36.2 Å². The highest BCUT2D eigenvalue weighted by molar-refractivity contribution is 5.41. The largest absolute Gasteiger partial charge is 0.504 e. The van der Waals surface area contributed by atoms with Crippen LogP contribution < -0.4 is 10.1 Å². The van der Waals surface area contributed by atoms with E-state index in [1.807, 2.05) is 0 Å². The van der Waals surface area contributed by atoms with Crippen LogP contribution in [0.4, 0.5) is 26.3 Å². The van der Waals surface area contributed by atoms with E-state index in [9.17, 15) is 31.4 Å². The minimum absolute atomic E-state index is 0.00689. The topological polar surface area (TPSA) is 41.5 Å². The fourth-order valence-electron chi connectivity index (χ4n) is 2.78. The number of ether oxygens (including phenoxy) is 1. The van der Waals surface area contributed by atoms with E-state index in [1.165, 1.54) is 13.2 Å². The molecule has 2 rings (SSSR count). The Hall–Kier alpha value is -2.42. The summed E-state index contributed by atoms with van der Waals surface area (Å²) in [6.45, 7) is 1.66. The molecule has 0 bridgehead atoms. The monoisotopic (exact) mass is 421 g/mol. The van der Waals surface area contributed by atoms with Crippen LogP contribution in [0.1, 0.15) is 35.6 Å². The first-order chi connectivity index (χ1) is 13.4. The number of aromatic hydroxyl groups is 1. The van der Waals surface area contributed by atoms with Crippen molar-refractivity contribution in [2.24, 2.45) is 0 Å². The highest BCUT2D eigenvalue weighted by atomic mass is 19.4. The van der Waals surface area contributed by atoms with Gasteiger partial charge in [-0.2, -0.15) is 26.3 Å². The molecule has 2 aromatic rings. The third-order valence-corrected chi connectivity index (χ3v) is 4.41.